The van der Waals surface area contributed by atoms with Crippen LogP contribution in [0.25, 0.3) is 0 Å². The van der Waals surface area contributed by atoms with Gasteiger partial charge in [-0.05, 0) is 29.9 Å². The lowest BCUT2D eigenvalue weighted by Gasteiger charge is -2.29. The highest BCUT2D eigenvalue weighted by Gasteiger charge is 2.30. The SMILES string of the molecule is CC(C)CN(Cc1cnc(S(=O)(=O)Cc2ccccc2)n1C1CCCCC1)C(=O)Cc1ccccc1. The number of nitrogens with zero attached hydrogens (tertiary/aromatic N) is 3. The number of hydrogen-bond acceptors (Lipinski definition) is 4. The van der Waals surface area contributed by atoms with Crippen LogP contribution in [0.2, 0.25) is 0 Å². The summed E-state index contributed by atoms with van der Waals surface area (Å²) in [5, 5.41) is 0.133. The molecule has 1 aromatic heterocycles. The van der Waals surface area contributed by atoms with E-state index in [1.807, 2.05) is 70.1 Å². The molecule has 0 radical (unpaired) electrons. The molecule has 3 aromatic rings. The number of amides is 1. The predicted octanol–water partition coefficient (Wildman–Crippen LogP) is 5.59. The summed E-state index contributed by atoms with van der Waals surface area (Å²) >= 11 is 0. The maximum atomic E-state index is 13.6. The van der Waals surface area contributed by atoms with Gasteiger partial charge in [-0.3, -0.25) is 4.79 Å². The van der Waals surface area contributed by atoms with Crippen molar-refractivity contribution in [2.75, 3.05) is 6.54 Å². The van der Waals surface area contributed by atoms with Gasteiger partial charge in [0.05, 0.1) is 30.6 Å². The molecule has 0 atom stereocenters. The number of benzene rings is 2. The Kier molecular flexibility index (Phi) is 8.62. The van der Waals surface area contributed by atoms with Gasteiger partial charge in [-0.15, -0.1) is 0 Å². The first-order chi connectivity index (χ1) is 17.3. The molecular formula is C29H37N3O3S. The zero-order chi connectivity index (χ0) is 25.5. The van der Waals surface area contributed by atoms with E-state index in [2.05, 4.69) is 18.8 Å². The number of sulfone groups is 1. The average Bonchev–Trinajstić information content (AvgIpc) is 3.29. The van der Waals surface area contributed by atoms with E-state index in [4.69, 9.17) is 0 Å². The Bertz CT molecular complexity index is 1230. The fraction of sp³-hybridized carbons (Fsp3) is 0.448. The second-order valence-corrected chi connectivity index (χ2v) is 12.2. The summed E-state index contributed by atoms with van der Waals surface area (Å²) in [4.78, 5) is 19.7. The molecule has 192 valence electrons. The molecule has 0 spiro atoms. The van der Waals surface area contributed by atoms with Crippen LogP contribution in [0, 0.1) is 5.92 Å². The quantitative estimate of drug-likeness (QED) is 0.359. The second-order valence-electron chi connectivity index (χ2n) is 10.3. The van der Waals surface area contributed by atoms with Crippen molar-refractivity contribution in [1.29, 1.82) is 0 Å². The molecule has 6 nitrogen and oxygen atoms in total. The van der Waals surface area contributed by atoms with Crippen LogP contribution in [-0.2, 0) is 33.4 Å². The van der Waals surface area contributed by atoms with Gasteiger partial charge in [0.1, 0.15) is 0 Å². The van der Waals surface area contributed by atoms with Crippen LogP contribution in [0.15, 0.2) is 72.0 Å². The van der Waals surface area contributed by atoms with Crippen LogP contribution in [0.3, 0.4) is 0 Å². The fourth-order valence-corrected chi connectivity index (χ4v) is 6.63. The molecule has 7 heteroatoms. The molecule has 2 aromatic carbocycles. The Morgan fingerprint density at radius 3 is 2.19 bits per heavy atom. The Morgan fingerprint density at radius 2 is 1.58 bits per heavy atom. The van der Waals surface area contributed by atoms with E-state index in [9.17, 15) is 13.2 Å². The number of aromatic nitrogens is 2. The van der Waals surface area contributed by atoms with Gasteiger partial charge < -0.3 is 9.47 Å². The molecule has 0 N–H and O–H groups in total. The molecule has 1 saturated carbocycles. The van der Waals surface area contributed by atoms with Crippen LogP contribution in [0.5, 0.6) is 0 Å². The minimum atomic E-state index is -3.65. The topological polar surface area (TPSA) is 72.3 Å². The first-order valence-corrected chi connectivity index (χ1v) is 14.6. The van der Waals surface area contributed by atoms with Crippen molar-refractivity contribution in [2.45, 2.75) is 75.9 Å². The van der Waals surface area contributed by atoms with Crippen molar-refractivity contribution < 1.29 is 13.2 Å². The highest BCUT2D eigenvalue weighted by Crippen LogP contribution is 2.33. The van der Waals surface area contributed by atoms with Crippen LogP contribution < -0.4 is 0 Å². The minimum absolute atomic E-state index is 0.0417. The van der Waals surface area contributed by atoms with Gasteiger partial charge in [0, 0.05) is 12.6 Å². The van der Waals surface area contributed by atoms with Crippen LogP contribution in [-0.4, -0.2) is 35.3 Å². The molecule has 0 bridgehead atoms. The Morgan fingerprint density at radius 1 is 0.972 bits per heavy atom. The predicted molar refractivity (Wildman–Crippen MR) is 142 cm³/mol. The van der Waals surface area contributed by atoms with Crippen molar-refractivity contribution >= 4 is 15.7 Å². The molecule has 0 unspecified atom stereocenters. The van der Waals surface area contributed by atoms with Gasteiger partial charge in [0.25, 0.3) is 0 Å². The Balaban J connectivity index is 1.66. The Labute approximate surface area is 215 Å². The van der Waals surface area contributed by atoms with Gasteiger partial charge in [-0.1, -0.05) is 93.8 Å². The number of rotatable bonds is 10. The first kappa shape index (κ1) is 26.1. The van der Waals surface area contributed by atoms with Gasteiger partial charge >= 0.3 is 0 Å². The highest BCUT2D eigenvalue weighted by atomic mass is 32.2. The van der Waals surface area contributed by atoms with E-state index in [1.165, 1.54) is 6.42 Å². The molecule has 1 aliphatic rings. The Hall–Kier alpha value is -2.93. The van der Waals surface area contributed by atoms with Crippen molar-refractivity contribution in [2.24, 2.45) is 5.92 Å². The van der Waals surface area contributed by atoms with E-state index in [1.54, 1.807) is 6.20 Å². The molecule has 1 fully saturated rings. The van der Waals surface area contributed by atoms with Crippen molar-refractivity contribution in [3.63, 3.8) is 0 Å². The number of imidazole rings is 1. The second kappa shape index (κ2) is 11.9. The molecule has 4 rings (SSSR count). The summed E-state index contributed by atoms with van der Waals surface area (Å²) in [5.41, 5.74) is 2.52. The standard InChI is InChI=1S/C29H37N3O3S/c1-23(2)20-31(28(33)18-24-12-6-3-7-13-24)21-27-19-30-29(32(27)26-16-10-5-11-17-26)36(34,35)22-25-14-8-4-9-15-25/h3-4,6-9,12-15,19,23,26H,5,10-11,16-18,20-22H2,1-2H3. The summed E-state index contributed by atoms with van der Waals surface area (Å²) in [7, 11) is -3.65. The van der Waals surface area contributed by atoms with Crippen LogP contribution in [0.4, 0.5) is 0 Å². The van der Waals surface area contributed by atoms with Gasteiger partial charge in [0.15, 0.2) is 0 Å². The van der Waals surface area contributed by atoms with E-state index in [0.29, 0.717) is 19.5 Å². The van der Waals surface area contributed by atoms with Crippen molar-refractivity contribution in [1.82, 2.24) is 14.5 Å². The highest BCUT2D eigenvalue weighted by molar-refractivity contribution is 7.90. The molecule has 1 aliphatic carbocycles. The van der Waals surface area contributed by atoms with E-state index in [0.717, 1.165) is 42.5 Å². The third-order valence-corrected chi connectivity index (χ3v) is 8.32. The number of carbonyl (C=O) groups excluding carboxylic acids is 1. The van der Waals surface area contributed by atoms with E-state index >= 15 is 0 Å². The summed E-state index contributed by atoms with van der Waals surface area (Å²) in [6, 6.07) is 19.1. The third kappa shape index (κ3) is 6.64. The zero-order valence-corrected chi connectivity index (χ0v) is 22.2. The van der Waals surface area contributed by atoms with Crippen molar-refractivity contribution in [3.05, 3.63) is 83.7 Å². The summed E-state index contributed by atoms with van der Waals surface area (Å²) in [6.45, 7) is 5.15. The summed E-state index contributed by atoms with van der Waals surface area (Å²) < 4.78 is 29.1. The number of hydrogen-bond donors (Lipinski definition) is 0. The summed E-state index contributed by atoms with van der Waals surface area (Å²) in [5.74, 6) is 0.247. The van der Waals surface area contributed by atoms with E-state index < -0.39 is 9.84 Å². The van der Waals surface area contributed by atoms with Crippen LogP contribution >= 0.6 is 0 Å². The molecule has 0 aliphatic heterocycles. The van der Waals surface area contributed by atoms with Crippen LogP contribution in [0.1, 0.15) is 68.8 Å². The van der Waals surface area contributed by atoms with Gasteiger partial charge in [-0.2, -0.15) is 0 Å². The largest absolute Gasteiger partial charge is 0.336 e. The molecule has 1 heterocycles. The monoisotopic (exact) mass is 507 g/mol. The smallest absolute Gasteiger partial charge is 0.228 e. The normalized spacial score (nSPS) is 14.8. The first-order valence-electron chi connectivity index (χ1n) is 13.0. The lowest BCUT2D eigenvalue weighted by Crippen LogP contribution is -2.36. The average molecular weight is 508 g/mol. The molecule has 36 heavy (non-hydrogen) atoms. The van der Waals surface area contributed by atoms with Gasteiger partial charge in [0.2, 0.25) is 20.9 Å². The maximum Gasteiger partial charge on any atom is 0.228 e. The van der Waals surface area contributed by atoms with E-state index in [-0.39, 0.29) is 28.8 Å². The lowest BCUT2D eigenvalue weighted by atomic mass is 9.95. The fourth-order valence-electron chi connectivity index (χ4n) is 5.09. The molecule has 1 amide bonds. The zero-order valence-electron chi connectivity index (χ0n) is 21.3. The minimum Gasteiger partial charge on any atom is -0.336 e. The molecule has 0 saturated heterocycles. The van der Waals surface area contributed by atoms with Crippen molar-refractivity contribution in [3.8, 4) is 0 Å². The summed E-state index contributed by atoms with van der Waals surface area (Å²) in [6.07, 6.45) is 7.17. The third-order valence-electron chi connectivity index (χ3n) is 6.75. The number of carbonyl (C=O) groups is 1. The molecular weight excluding hydrogens is 470 g/mol. The maximum absolute atomic E-state index is 13.6. The van der Waals surface area contributed by atoms with Gasteiger partial charge in [-0.25, -0.2) is 13.4 Å². The lowest BCUT2D eigenvalue weighted by molar-refractivity contribution is -0.131.